The molecule has 0 saturated carbocycles. The van der Waals surface area contributed by atoms with Crippen molar-refractivity contribution in [3.8, 4) is 0 Å². The quantitative estimate of drug-likeness (QED) is 0.846. The summed E-state index contributed by atoms with van der Waals surface area (Å²) >= 11 is 0. The van der Waals surface area contributed by atoms with Crippen LogP contribution in [0.15, 0.2) is 23.1 Å². The molecule has 1 N–H and O–H groups in total. The maximum Gasteiger partial charge on any atom is 0.246 e. The second kappa shape index (κ2) is 5.99. The Morgan fingerprint density at radius 2 is 1.95 bits per heavy atom. The van der Waals surface area contributed by atoms with Crippen LogP contribution in [0.5, 0.6) is 0 Å². The Balaban J connectivity index is 2.38. The van der Waals surface area contributed by atoms with Crippen molar-refractivity contribution in [3.63, 3.8) is 0 Å². The summed E-state index contributed by atoms with van der Waals surface area (Å²) in [5.41, 5.74) is 0.275. The van der Waals surface area contributed by atoms with Crippen LogP contribution in [0.4, 0.5) is 4.39 Å². The number of hydrogen-bond acceptors (Lipinski definition) is 5. The lowest BCUT2D eigenvalue weighted by Gasteiger charge is -2.20. The van der Waals surface area contributed by atoms with Crippen LogP contribution in [0, 0.1) is 5.82 Å². The minimum absolute atomic E-state index is 0.0321. The number of benzene rings is 1. The number of sulfone groups is 1. The van der Waals surface area contributed by atoms with Crippen molar-refractivity contribution in [1.82, 2.24) is 4.31 Å². The van der Waals surface area contributed by atoms with Crippen LogP contribution in [0.1, 0.15) is 12.0 Å². The lowest BCUT2D eigenvalue weighted by atomic mass is 10.2. The van der Waals surface area contributed by atoms with Crippen LogP contribution in [-0.4, -0.2) is 50.8 Å². The number of aliphatic hydroxyl groups is 1. The highest BCUT2D eigenvalue weighted by Crippen LogP contribution is 2.22. The maximum atomic E-state index is 13.8. The van der Waals surface area contributed by atoms with Crippen LogP contribution in [0.2, 0.25) is 0 Å². The van der Waals surface area contributed by atoms with Crippen LogP contribution >= 0.6 is 0 Å². The van der Waals surface area contributed by atoms with Gasteiger partial charge in [-0.25, -0.2) is 21.2 Å². The normalized spacial score (nSPS) is 20.1. The summed E-state index contributed by atoms with van der Waals surface area (Å²) in [7, 11) is -7.37. The highest BCUT2D eigenvalue weighted by molar-refractivity contribution is 7.91. The van der Waals surface area contributed by atoms with E-state index in [1.54, 1.807) is 0 Å². The summed E-state index contributed by atoms with van der Waals surface area (Å²) in [5.74, 6) is -1.26. The van der Waals surface area contributed by atoms with E-state index in [0.717, 1.165) is 16.4 Å². The third-order valence-corrected chi connectivity index (χ3v) is 6.94. The molecular formula is C12H16FNO5S2. The number of nitrogens with zero attached hydrogens (tertiary/aromatic N) is 1. The Kier molecular flexibility index (Phi) is 4.66. The van der Waals surface area contributed by atoms with Crippen molar-refractivity contribution in [2.24, 2.45) is 0 Å². The smallest absolute Gasteiger partial charge is 0.246 e. The number of halogens is 1. The van der Waals surface area contributed by atoms with Crippen LogP contribution < -0.4 is 0 Å². The molecule has 0 bridgehead atoms. The second-order valence-electron chi connectivity index (χ2n) is 4.83. The average molecular weight is 337 g/mol. The molecule has 0 radical (unpaired) electrons. The maximum absolute atomic E-state index is 13.8. The van der Waals surface area contributed by atoms with Gasteiger partial charge in [0.1, 0.15) is 10.7 Å². The Hall–Kier alpha value is -1.03. The fourth-order valence-corrected chi connectivity index (χ4v) is 5.12. The Labute approximate surface area is 123 Å². The minimum atomic E-state index is -4.12. The van der Waals surface area contributed by atoms with Gasteiger partial charge in [0.15, 0.2) is 9.84 Å². The van der Waals surface area contributed by atoms with E-state index < -0.39 is 37.2 Å². The Morgan fingerprint density at radius 3 is 2.62 bits per heavy atom. The van der Waals surface area contributed by atoms with Crippen LogP contribution in [0.25, 0.3) is 0 Å². The molecule has 0 spiro atoms. The van der Waals surface area contributed by atoms with Gasteiger partial charge in [-0.15, -0.1) is 0 Å². The van der Waals surface area contributed by atoms with Gasteiger partial charge in [0.25, 0.3) is 0 Å². The molecule has 1 aromatic rings. The Bertz CT molecular complexity index is 730. The molecule has 9 heteroatoms. The van der Waals surface area contributed by atoms with Gasteiger partial charge in [0.05, 0.1) is 18.1 Å². The highest BCUT2D eigenvalue weighted by Gasteiger charge is 2.31. The predicted molar refractivity (Wildman–Crippen MR) is 74.4 cm³/mol. The third kappa shape index (κ3) is 3.60. The van der Waals surface area contributed by atoms with Gasteiger partial charge in [-0.2, -0.15) is 4.31 Å². The van der Waals surface area contributed by atoms with Crippen molar-refractivity contribution in [3.05, 3.63) is 29.6 Å². The summed E-state index contributed by atoms with van der Waals surface area (Å²) in [6, 6.07) is 3.35. The number of rotatable bonds is 3. The van der Waals surface area contributed by atoms with Crippen molar-refractivity contribution >= 4 is 19.9 Å². The summed E-state index contributed by atoms with van der Waals surface area (Å²) in [6.07, 6.45) is 0.183. The van der Waals surface area contributed by atoms with E-state index >= 15 is 0 Å². The molecule has 1 heterocycles. The van der Waals surface area contributed by atoms with Gasteiger partial charge in [0.2, 0.25) is 10.0 Å². The van der Waals surface area contributed by atoms with Gasteiger partial charge >= 0.3 is 0 Å². The van der Waals surface area contributed by atoms with Gasteiger partial charge in [-0.3, -0.25) is 0 Å². The number of hydrogen-bond donors (Lipinski definition) is 1. The standard InChI is InChI=1S/C12H16FNO5S2/c13-11-3-2-10(9-15)8-12(11)21(18,19)14-4-1-6-20(16,17)7-5-14/h2-3,8,15H,1,4-7,9H2. The topological polar surface area (TPSA) is 91.8 Å². The van der Waals surface area contributed by atoms with E-state index in [0.29, 0.717) is 0 Å². The van der Waals surface area contributed by atoms with Crippen molar-refractivity contribution in [2.45, 2.75) is 17.9 Å². The first-order valence-electron chi connectivity index (χ1n) is 6.36. The van der Waals surface area contributed by atoms with Crippen molar-refractivity contribution in [2.75, 3.05) is 24.6 Å². The summed E-state index contributed by atoms with van der Waals surface area (Å²) in [4.78, 5) is -0.534. The van der Waals surface area contributed by atoms with Crippen LogP contribution in [-0.2, 0) is 26.5 Å². The molecule has 2 rings (SSSR count). The average Bonchev–Trinajstić information content (AvgIpc) is 2.60. The molecule has 1 aliphatic rings. The summed E-state index contributed by atoms with van der Waals surface area (Å²) in [5, 5.41) is 9.03. The molecule has 0 aromatic heterocycles. The first-order valence-corrected chi connectivity index (χ1v) is 9.62. The van der Waals surface area contributed by atoms with Crippen molar-refractivity contribution in [1.29, 1.82) is 0 Å². The van der Waals surface area contributed by atoms with E-state index in [4.69, 9.17) is 5.11 Å². The van der Waals surface area contributed by atoms with Gasteiger partial charge in [-0.05, 0) is 24.1 Å². The zero-order chi connectivity index (χ0) is 15.7. The number of sulfonamides is 1. The highest BCUT2D eigenvalue weighted by atomic mass is 32.2. The van der Waals surface area contributed by atoms with E-state index in [1.165, 1.54) is 6.07 Å². The minimum Gasteiger partial charge on any atom is -0.392 e. The molecule has 0 amide bonds. The van der Waals surface area contributed by atoms with Crippen molar-refractivity contribution < 1.29 is 26.3 Å². The van der Waals surface area contributed by atoms with E-state index in [-0.39, 0.29) is 36.6 Å². The van der Waals surface area contributed by atoms with Gasteiger partial charge in [-0.1, -0.05) is 6.07 Å². The van der Waals surface area contributed by atoms with E-state index in [9.17, 15) is 21.2 Å². The molecule has 118 valence electrons. The molecule has 1 aromatic carbocycles. The van der Waals surface area contributed by atoms with E-state index in [1.807, 2.05) is 0 Å². The van der Waals surface area contributed by atoms with Gasteiger partial charge in [0, 0.05) is 13.1 Å². The van der Waals surface area contributed by atoms with Gasteiger partial charge < -0.3 is 5.11 Å². The Morgan fingerprint density at radius 1 is 1.24 bits per heavy atom. The molecule has 0 aliphatic carbocycles. The zero-order valence-electron chi connectivity index (χ0n) is 11.2. The fraction of sp³-hybridized carbons (Fsp3) is 0.500. The molecule has 0 unspecified atom stereocenters. The summed E-state index contributed by atoms with van der Waals surface area (Å²) in [6.45, 7) is -0.561. The first-order chi connectivity index (χ1) is 9.76. The lowest BCUT2D eigenvalue weighted by Crippen LogP contribution is -2.34. The molecular weight excluding hydrogens is 321 g/mol. The molecule has 1 fully saturated rings. The third-order valence-electron chi connectivity index (χ3n) is 3.31. The molecule has 0 atom stereocenters. The SMILES string of the molecule is O=S1(=O)CCCN(S(=O)(=O)c2cc(CO)ccc2F)CC1. The zero-order valence-corrected chi connectivity index (χ0v) is 12.8. The fourth-order valence-electron chi connectivity index (χ4n) is 2.14. The molecule has 1 aliphatic heterocycles. The largest absolute Gasteiger partial charge is 0.392 e. The van der Waals surface area contributed by atoms with Crippen LogP contribution in [0.3, 0.4) is 0 Å². The molecule has 21 heavy (non-hydrogen) atoms. The molecule has 1 saturated heterocycles. The monoisotopic (exact) mass is 337 g/mol. The van der Waals surface area contributed by atoms with E-state index in [2.05, 4.69) is 0 Å². The molecule has 6 nitrogen and oxygen atoms in total. The summed E-state index contributed by atoms with van der Waals surface area (Å²) < 4.78 is 62.7. The first kappa shape index (κ1) is 16.3. The predicted octanol–water partition coefficient (Wildman–Crippen LogP) is 0.127. The lowest BCUT2D eigenvalue weighted by molar-refractivity contribution is 0.281. The number of aliphatic hydroxyl groups excluding tert-OH is 1. The second-order valence-corrected chi connectivity index (χ2v) is 9.04.